The van der Waals surface area contributed by atoms with E-state index in [0.717, 1.165) is 27.6 Å². The van der Waals surface area contributed by atoms with Crippen LogP contribution < -0.4 is 10.1 Å². The number of carbonyl (C=O) groups is 1. The lowest BCUT2D eigenvalue weighted by Crippen LogP contribution is -2.19. The van der Waals surface area contributed by atoms with Crippen LogP contribution in [0.4, 0.5) is 5.69 Å². The van der Waals surface area contributed by atoms with Crippen molar-refractivity contribution in [2.75, 3.05) is 6.61 Å². The van der Waals surface area contributed by atoms with Gasteiger partial charge in [-0.3, -0.25) is 4.79 Å². The highest BCUT2D eigenvalue weighted by Crippen LogP contribution is 2.34. The summed E-state index contributed by atoms with van der Waals surface area (Å²) in [6.07, 6.45) is 7.21. The number of nitrogens with zero attached hydrogens (tertiary/aromatic N) is 1. The molecular weight excluding hydrogens is 392 g/mol. The maximum absolute atomic E-state index is 12.6. The summed E-state index contributed by atoms with van der Waals surface area (Å²) in [6, 6.07) is 17.8. The average Bonchev–Trinajstić information content (AvgIpc) is 3.08. The molecule has 1 heterocycles. The van der Waals surface area contributed by atoms with Crippen molar-refractivity contribution in [3.63, 3.8) is 0 Å². The molecular formula is C25H20N2O2S. The number of aryl methyl sites for hydroxylation is 2. The number of fused-ring (bicyclic) bond motifs is 1. The molecule has 0 unspecified atom stereocenters. The van der Waals surface area contributed by atoms with Crippen LogP contribution in [-0.2, 0) is 4.79 Å². The van der Waals surface area contributed by atoms with E-state index >= 15 is 0 Å². The van der Waals surface area contributed by atoms with Crippen LogP contribution in [0.25, 0.3) is 16.8 Å². The number of aliphatic imine (C=N–C) groups is 1. The highest BCUT2D eigenvalue weighted by Gasteiger charge is 2.24. The van der Waals surface area contributed by atoms with E-state index in [1.807, 2.05) is 67.6 Å². The minimum atomic E-state index is -0.182. The summed E-state index contributed by atoms with van der Waals surface area (Å²) < 4.78 is 5.73. The van der Waals surface area contributed by atoms with E-state index in [2.05, 4.69) is 23.2 Å². The predicted molar refractivity (Wildman–Crippen MR) is 125 cm³/mol. The van der Waals surface area contributed by atoms with Gasteiger partial charge < -0.3 is 10.1 Å². The van der Waals surface area contributed by atoms with Gasteiger partial charge in [-0.25, -0.2) is 4.99 Å². The van der Waals surface area contributed by atoms with Gasteiger partial charge in [-0.1, -0.05) is 42.3 Å². The Morgan fingerprint density at radius 2 is 1.97 bits per heavy atom. The molecule has 1 aliphatic heterocycles. The van der Waals surface area contributed by atoms with E-state index in [4.69, 9.17) is 11.2 Å². The molecule has 1 saturated heterocycles. The normalized spacial score (nSPS) is 16.1. The number of hydrogen-bond donors (Lipinski definition) is 1. The number of hydrogen-bond acceptors (Lipinski definition) is 4. The summed E-state index contributed by atoms with van der Waals surface area (Å²) in [5.41, 5.74) is 4.00. The molecule has 4 rings (SSSR count). The number of terminal acetylenes is 1. The topological polar surface area (TPSA) is 50.7 Å². The molecule has 1 aliphatic rings. The molecule has 0 spiro atoms. The van der Waals surface area contributed by atoms with Crippen molar-refractivity contribution >= 4 is 45.4 Å². The lowest BCUT2D eigenvalue weighted by molar-refractivity contribution is -0.115. The summed E-state index contributed by atoms with van der Waals surface area (Å²) in [5.74, 6) is 2.95. The standard InChI is InChI=1S/C25H20N2O2S/c1-4-13-29-22-12-10-18-7-5-6-8-20(18)21(22)15-23-24(28)27-25(30-23)26-19-11-9-16(2)17(3)14-19/h1,5-12,14-15H,13H2,2-3H3,(H,26,27,28)/b23-15-. The molecule has 0 aromatic heterocycles. The largest absolute Gasteiger partial charge is 0.480 e. The Balaban J connectivity index is 1.72. The third kappa shape index (κ3) is 4.10. The van der Waals surface area contributed by atoms with E-state index in [-0.39, 0.29) is 12.5 Å². The number of nitrogens with one attached hydrogen (secondary N) is 1. The molecule has 0 bridgehead atoms. The van der Waals surface area contributed by atoms with Gasteiger partial charge in [-0.05, 0) is 71.8 Å². The smallest absolute Gasteiger partial charge is 0.264 e. The molecule has 0 saturated carbocycles. The van der Waals surface area contributed by atoms with Gasteiger partial charge in [-0.15, -0.1) is 6.42 Å². The van der Waals surface area contributed by atoms with Gasteiger partial charge in [0.25, 0.3) is 5.91 Å². The Hall–Kier alpha value is -3.49. The van der Waals surface area contributed by atoms with Gasteiger partial charge >= 0.3 is 0 Å². The summed E-state index contributed by atoms with van der Waals surface area (Å²) in [6.45, 7) is 4.26. The van der Waals surface area contributed by atoms with E-state index in [1.54, 1.807) is 0 Å². The second-order valence-electron chi connectivity index (χ2n) is 6.94. The Morgan fingerprint density at radius 3 is 2.77 bits per heavy atom. The van der Waals surface area contributed by atoms with Crippen molar-refractivity contribution in [2.45, 2.75) is 13.8 Å². The quantitative estimate of drug-likeness (QED) is 0.464. The highest BCUT2D eigenvalue weighted by atomic mass is 32.2. The van der Waals surface area contributed by atoms with Crippen molar-refractivity contribution in [3.05, 3.63) is 76.2 Å². The third-order valence-corrected chi connectivity index (χ3v) is 5.80. The molecule has 148 valence electrons. The second kappa shape index (κ2) is 8.48. The van der Waals surface area contributed by atoms with Gasteiger partial charge in [0.05, 0.1) is 10.6 Å². The summed E-state index contributed by atoms with van der Waals surface area (Å²) >= 11 is 1.31. The zero-order valence-corrected chi connectivity index (χ0v) is 17.5. The minimum Gasteiger partial charge on any atom is -0.480 e. The first-order valence-corrected chi connectivity index (χ1v) is 10.3. The first-order chi connectivity index (χ1) is 14.5. The van der Waals surface area contributed by atoms with Crippen molar-refractivity contribution in [3.8, 4) is 18.1 Å². The van der Waals surface area contributed by atoms with Crippen molar-refractivity contribution < 1.29 is 9.53 Å². The fourth-order valence-corrected chi connectivity index (χ4v) is 4.02. The number of rotatable bonds is 4. The average molecular weight is 413 g/mol. The van der Waals surface area contributed by atoms with Crippen LogP contribution in [0.3, 0.4) is 0 Å². The maximum atomic E-state index is 12.6. The number of amidine groups is 1. The molecule has 30 heavy (non-hydrogen) atoms. The molecule has 0 atom stereocenters. The van der Waals surface area contributed by atoms with E-state index in [9.17, 15) is 4.79 Å². The molecule has 4 nitrogen and oxygen atoms in total. The van der Waals surface area contributed by atoms with Gasteiger partial charge in [0, 0.05) is 5.56 Å². The summed E-state index contributed by atoms with van der Waals surface area (Å²) in [7, 11) is 0. The fraction of sp³-hybridized carbons (Fsp3) is 0.120. The Morgan fingerprint density at radius 1 is 1.13 bits per heavy atom. The van der Waals surface area contributed by atoms with E-state index < -0.39 is 0 Å². The van der Waals surface area contributed by atoms with E-state index in [0.29, 0.717) is 15.8 Å². The van der Waals surface area contributed by atoms with Crippen LogP contribution in [0, 0.1) is 26.2 Å². The highest BCUT2D eigenvalue weighted by molar-refractivity contribution is 8.18. The number of carbonyl (C=O) groups excluding carboxylic acids is 1. The Kier molecular flexibility index (Phi) is 5.60. The number of ether oxygens (including phenoxy) is 1. The summed E-state index contributed by atoms with van der Waals surface area (Å²) in [4.78, 5) is 17.7. The summed E-state index contributed by atoms with van der Waals surface area (Å²) in [5, 5.41) is 5.46. The molecule has 0 radical (unpaired) electrons. The first-order valence-electron chi connectivity index (χ1n) is 9.50. The Bertz CT molecular complexity index is 1250. The van der Waals surface area contributed by atoms with Crippen LogP contribution in [0.2, 0.25) is 0 Å². The molecule has 1 fully saturated rings. The van der Waals surface area contributed by atoms with Crippen LogP contribution in [-0.4, -0.2) is 17.7 Å². The molecule has 1 amide bonds. The van der Waals surface area contributed by atoms with Crippen LogP contribution >= 0.6 is 11.8 Å². The van der Waals surface area contributed by atoms with Crippen LogP contribution in [0.15, 0.2) is 64.5 Å². The first kappa shape index (κ1) is 19.8. The van der Waals surface area contributed by atoms with Gasteiger partial charge in [0.1, 0.15) is 12.4 Å². The van der Waals surface area contributed by atoms with Crippen molar-refractivity contribution in [2.24, 2.45) is 4.99 Å². The van der Waals surface area contributed by atoms with Gasteiger partial charge in [0.2, 0.25) is 0 Å². The predicted octanol–water partition coefficient (Wildman–Crippen LogP) is 5.36. The lowest BCUT2D eigenvalue weighted by Gasteiger charge is -2.10. The second-order valence-corrected chi connectivity index (χ2v) is 7.97. The SMILES string of the molecule is C#CCOc1ccc2ccccc2c1/C=C1\SC(=Nc2ccc(C)c(C)c2)NC1=O. The molecule has 3 aromatic carbocycles. The van der Waals surface area contributed by atoms with Crippen molar-refractivity contribution in [1.29, 1.82) is 0 Å². The molecule has 1 N–H and O–H groups in total. The monoisotopic (exact) mass is 412 g/mol. The van der Waals surface area contributed by atoms with E-state index in [1.165, 1.54) is 17.3 Å². The van der Waals surface area contributed by atoms with Gasteiger partial charge in [-0.2, -0.15) is 0 Å². The zero-order valence-electron chi connectivity index (χ0n) is 16.7. The van der Waals surface area contributed by atoms with Gasteiger partial charge in [0.15, 0.2) is 5.17 Å². The number of benzene rings is 3. The lowest BCUT2D eigenvalue weighted by atomic mass is 10.0. The number of amides is 1. The molecule has 3 aromatic rings. The maximum Gasteiger partial charge on any atom is 0.264 e. The van der Waals surface area contributed by atoms with Crippen LogP contribution in [0.5, 0.6) is 5.75 Å². The van der Waals surface area contributed by atoms with Crippen molar-refractivity contribution in [1.82, 2.24) is 5.32 Å². The molecule has 0 aliphatic carbocycles. The minimum absolute atomic E-state index is 0.160. The zero-order chi connectivity index (χ0) is 21.1. The third-order valence-electron chi connectivity index (χ3n) is 4.89. The Labute approximate surface area is 180 Å². The van der Waals surface area contributed by atoms with Crippen LogP contribution in [0.1, 0.15) is 16.7 Å². The fourth-order valence-electron chi connectivity index (χ4n) is 3.19. The number of thioether (sulfide) groups is 1. The molecule has 5 heteroatoms.